The second-order valence-corrected chi connectivity index (χ2v) is 9.85. The highest BCUT2D eigenvalue weighted by Crippen LogP contribution is 2.36. The van der Waals surface area contributed by atoms with E-state index >= 15 is 0 Å². The van der Waals surface area contributed by atoms with Crippen molar-refractivity contribution in [2.24, 2.45) is 0 Å². The molecule has 6 rings (SSSR count). The van der Waals surface area contributed by atoms with E-state index in [2.05, 4.69) is 6.07 Å². The molecule has 2 aliphatic rings. The number of methoxy groups -OCH3 is 1. The molecule has 3 heterocycles. The molecular formula is C30H27ClN2O5. The zero-order chi connectivity index (χ0) is 26.1. The van der Waals surface area contributed by atoms with E-state index in [1.54, 1.807) is 7.11 Å². The molecule has 7 nitrogen and oxygen atoms in total. The topological polar surface area (TPSA) is 70.1 Å². The van der Waals surface area contributed by atoms with Crippen molar-refractivity contribution in [3.05, 3.63) is 82.9 Å². The molecule has 0 saturated carbocycles. The van der Waals surface area contributed by atoms with E-state index in [9.17, 15) is 4.79 Å². The molecule has 2 aliphatic heterocycles. The number of halogens is 1. The van der Waals surface area contributed by atoms with Crippen molar-refractivity contribution in [1.29, 1.82) is 0 Å². The van der Waals surface area contributed by atoms with Gasteiger partial charge >= 0.3 is 0 Å². The number of hydrogen-bond donors (Lipinski definition) is 0. The SMILES string of the molecule is COc1ccccc1-c1nc2cc(Cl)ccc2cc1CN(Cc1ccc2c(c1)OCO2)C(=O)[C@@H]1CCCO1. The Labute approximate surface area is 225 Å². The van der Waals surface area contributed by atoms with Crippen LogP contribution in [-0.4, -0.2) is 42.4 Å². The molecule has 0 spiro atoms. The lowest BCUT2D eigenvalue weighted by atomic mass is 10.0. The predicted molar refractivity (Wildman–Crippen MR) is 145 cm³/mol. The fourth-order valence-corrected chi connectivity index (χ4v) is 5.20. The zero-order valence-corrected chi connectivity index (χ0v) is 21.7. The molecule has 0 radical (unpaired) electrons. The molecule has 1 fully saturated rings. The molecule has 0 N–H and O–H groups in total. The maximum atomic E-state index is 13.7. The van der Waals surface area contributed by atoms with Crippen molar-refractivity contribution in [2.75, 3.05) is 20.5 Å². The average molecular weight is 531 g/mol. The van der Waals surface area contributed by atoms with Gasteiger partial charge in [0.15, 0.2) is 11.5 Å². The van der Waals surface area contributed by atoms with Crippen LogP contribution in [0.15, 0.2) is 66.7 Å². The number of fused-ring (bicyclic) bond motifs is 2. The number of nitrogens with zero attached hydrogens (tertiary/aromatic N) is 2. The Morgan fingerprint density at radius 1 is 1.05 bits per heavy atom. The summed E-state index contributed by atoms with van der Waals surface area (Å²) in [6, 6.07) is 21.3. The minimum Gasteiger partial charge on any atom is -0.496 e. The van der Waals surface area contributed by atoms with Crippen molar-refractivity contribution in [2.45, 2.75) is 32.0 Å². The van der Waals surface area contributed by atoms with Gasteiger partial charge in [-0.25, -0.2) is 4.98 Å². The summed E-state index contributed by atoms with van der Waals surface area (Å²) in [6.45, 7) is 1.52. The number of pyridine rings is 1. The van der Waals surface area contributed by atoms with Crippen LogP contribution in [-0.2, 0) is 22.6 Å². The standard InChI is InChI=1S/C30H27ClN2O5/c1-35-25-6-3-2-5-23(25)29-21(14-20-9-10-22(31)15-24(20)32-29)17-33(30(34)27-7-4-12-36-27)16-19-8-11-26-28(13-19)38-18-37-26/h2-3,5-6,8-11,13-15,27H,4,7,12,16-18H2,1H3/t27-/m0/s1. The van der Waals surface area contributed by atoms with E-state index in [-0.39, 0.29) is 12.7 Å². The lowest BCUT2D eigenvalue weighted by Gasteiger charge is -2.27. The molecule has 1 amide bonds. The highest BCUT2D eigenvalue weighted by Gasteiger charge is 2.30. The van der Waals surface area contributed by atoms with Crippen LogP contribution in [0.25, 0.3) is 22.2 Å². The Morgan fingerprint density at radius 2 is 1.92 bits per heavy atom. The zero-order valence-electron chi connectivity index (χ0n) is 21.0. The second-order valence-electron chi connectivity index (χ2n) is 9.42. The van der Waals surface area contributed by atoms with E-state index in [1.165, 1.54) is 0 Å². The first-order valence-corrected chi connectivity index (χ1v) is 13.0. The van der Waals surface area contributed by atoms with Crippen molar-refractivity contribution in [1.82, 2.24) is 9.88 Å². The number of amides is 1. The van der Waals surface area contributed by atoms with Gasteiger partial charge in [0.2, 0.25) is 6.79 Å². The van der Waals surface area contributed by atoms with Crippen molar-refractivity contribution in [3.8, 4) is 28.5 Å². The quantitative estimate of drug-likeness (QED) is 0.292. The van der Waals surface area contributed by atoms with E-state index in [0.29, 0.717) is 48.4 Å². The first-order valence-electron chi connectivity index (χ1n) is 12.6. The fraction of sp³-hybridized carbons (Fsp3) is 0.267. The third-order valence-corrected chi connectivity index (χ3v) is 7.14. The summed E-state index contributed by atoms with van der Waals surface area (Å²) < 4.78 is 22.5. The second kappa shape index (κ2) is 10.5. The van der Waals surface area contributed by atoms with Crippen LogP contribution in [0.4, 0.5) is 0 Å². The van der Waals surface area contributed by atoms with E-state index in [1.807, 2.05) is 65.6 Å². The third kappa shape index (κ3) is 4.87. The van der Waals surface area contributed by atoms with Gasteiger partial charge in [0.05, 0.1) is 18.3 Å². The molecular weight excluding hydrogens is 504 g/mol. The van der Waals surface area contributed by atoms with Gasteiger partial charge in [0.25, 0.3) is 5.91 Å². The molecule has 8 heteroatoms. The number of aromatic nitrogens is 1. The van der Waals surface area contributed by atoms with Gasteiger partial charge in [0.1, 0.15) is 11.9 Å². The molecule has 0 aliphatic carbocycles. The molecule has 4 aromatic rings. The molecule has 3 aromatic carbocycles. The molecule has 1 aromatic heterocycles. The van der Waals surface area contributed by atoms with E-state index in [4.69, 9.17) is 35.5 Å². The van der Waals surface area contributed by atoms with Crippen LogP contribution in [0, 0.1) is 0 Å². The maximum Gasteiger partial charge on any atom is 0.252 e. The fourth-order valence-electron chi connectivity index (χ4n) is 5.03. The van der Waals surface area contributed by atoms with Gasteiger partial charge in [-0.3, -0.25) is 4.79 Å². The van der Waals surface area contributed by atoms with Crippen molar-refractivity contribution < 1.29 is 23.7 Å². The van der Waals surface area contributed by atoms with Crippen LogP contribution in [0.1, 0.15) is 24.0 Å². The molecule has 0 unspecified atom stereocenters. The Morgan fingerprint density at radius 3 is 2.76 bits per heavy atom. The Balaban J connectivity index is 1.43. The summed E-state index contributed by atoms with van der Waals surface area (Å²) in [5.74, 6) is 2.06. The van der Waals surface area contributed by atoms with Gasteiger partial charge in [0, 0.05) is 35.7 Å². The lowest BCUT2D eigenvalue weighted by Crippen LogP contribution is -2.38. The molecule has 0 bridgehead atoms. The summed E-state index contributed by atoms with van der Waals surface area (Å²) in [5.41, 5.74) is 4.21. The van der Waals surface area contributed by atoms with Gasteiger partial charge in [-0.1, -0.05) is 35.9 Å². The predicted octanol–water partition coefficient (Wildman–Crippen LogP) is 6.00. The first kappa shape index (κ1) is 24.5. The maximum absolute atomic E-state index is 13.7. The first-order chi connectivity index (χ1) is 18.6. The van der Waals surface area contributed by atoms with Crippen LogP contribution in [0.5, 0.6) is 17.2 Å². The van der Waals surface area contributed by atoms with Gasteiger partial charge < -0.3 is 23.8 Å². The minimum atomic E-state index is -0.453. The molecule has 1 saturated heterocycles. The Hall–Kier alpha value is -3.81. The van der Waals surface area contributed by atoms with Crippen LogP contribution in [0.2, 0.25) is 5.02 Å². The summed E-state index contributed by atoms with van der Waals surface area (Å²) in [5, 5.41) is 1.55. The van der Waals surface area contributed by atoms with Crippen molar-refractivity contribution >= 4 is 28.4 Å². The molecule has 194 valence electrons. The smallest absolute Gasteiger partial charge is 0.252 e. The van der Waals surface area contributed by atoms with Crippen LogP contribution >= 0.6 is 11.6 Å². The van der Waals surface area contributed by atoms with E-state index < -0.39 is 6.10 Å². The van der Waals surface area contributed by atoms with Crippen molar-refractivity contribution in [3.63, 3.8) is 0 Å². The average Bonchev–Trinajstić information content (AvgIpc) is 3.64. The minimum absolute atomic E-state index is 0.0395. The van der Waals surface area contributed by atoms with Gasteiger partial charge in [-0.2, -0.15) is 0 Å². The number of carbonyl (C=O) groups is 1. The number of hydrogen-bond acceptors (Lipinski definition) is 6. The normalized spacial score (nSPS) is 16.1. The largest absolute Gasteiger partial charge is 0.496 e. The summed E-state index contributed by atoms with van der Waals surface area (Å²) in [7, 11) is 1.64. The highest BCUT2D eigenvalue weighted by atomic mass is 35.5. The van der Waals surface area contributed by atoms with Gasteiger partial charge in [-0.15, -0.1) is 0 Å². The Kier molecular flexibility index (Phi) is 6.79. The third-order valence-electron chi connectivity index (χ3n) is 6.91. The number of rotatable bonds is 7. The van der Waals surface area contributed by atoms with Crippen LogP contribution < -0.4 is 14.2 Å². The lowest BCUT2D eigenvalue weighted by molar-refractivity contribution is -0.142. The molecule has 38 heavy (non-hydrogen) atoms. The summed E-state index contributed by atoms with van der Waals surface area (Å²) in [4.78, 5) is 20.6. The van der Waals surface area contributed by atoms with Crippen LogP contribution in [0.3, 0.4) is 0 Å². The number of carbonyl (C=O) groups excluding carboxylic acids is 1. The molecule has 1 atom stereocenters. The Bertz CT molecular complexity index is 1500. The van der Waals surface area contributed by atoms with Gasteiger partial charge in [-0.05, 0) is 66.4 Å². The van der Waals surface area contributed by atoms with E-state index in [0.717, 1.165) is 39.7 Å². The highest BCUT2D eigenvalue weighted by molar-refractivity contribution is 6.31. The summed E-state index contributed by atoms with van der Waals surface area (Å²) >= 11 is 6.29. The number of benzene rings is 3. The number of para-hydroxylation sites is 1. The number of ether oxygens (including phenoxy) is 4. The summed E-state index contributed by atoms with van der Waals surface area (Å²) in [6.07, 6.45) is 1.13. The monoisotopic (exact) mass is 530 g/mol.